The monoisotopic (exact) mass is 312 g/mol. The third-order valence-corrected chi connectivity index (χ3v) is 3.15. The molecule has 21 heavy (non-hydrogen) atoms. The van der Waals surface area contributed by atoms with Crippen LogP contribution in [0.15, 0.2) is 24.3 Å². The number of carbonyl (C=O) groups excluding carboxylic acids is 1. The van der Waals surface area contributed by atoms with E-state index in [9.17, 15) is 4.79 Å². The van der Waals surface area contributed by atoms with Gasteiger partial charge in [-0.3, -0.25) is 4.79 Å². The molecule has 0 heterocycles. The summed E-state index contributed by atoms with van der Waals surface area (Å²) in [4.78, 5) is 13.6. The van der Waals surface area contributed by atoms with Crippen molar-refractivity contribution in [3.63, 3.8) is 0 Å². The number of rotatable bonds is 7. The van der Waals surface area contributed by atoms with Crippen molar-refractivity contribution in [2.45, 2.75) is 32.7 Å². The highest BCUT2D eigenvalue weighted by Crippen LogP contribution is 2.16. The molecule has 0 spiro atoms. The van der Waals surface area contributed by atoms with Crippen LogP contribution >= 0.6 is 11.6 Å². The Morgan fingerprint density at radius 1 is 1.38 bits per heavy atom. The summed E-state index contributed by atoms with van der Waals surface area (Å²) in [7, 11) is 1.79. The van der Waals surface area contributed by atoms with E-state index in [0.29, 0.717) is 31.1 Å². The Morgan fingerprint density at radius 2 is 2.10 bits per heavy atom. The minimum absolute atomic E-state index is 0.0363. The fourth-order valence-corrected chi connectivity index (χ4v) is 1.90. The lowest BCUT2D eigenvalue weighted by molar-refractivity contribution is -0.130. The first-order valence-electron chi connectivity index (χ1n) is 7.15. The summed E-state index contributed by atoms with van der Waals surface area (Å²) in [6, 6.07) is 7.24. The van der Waals surface area contributed by atoms with Crippen LogP contribution in [0.4, 0.5) is 0 Å². The smallest absolute Gasteiger partial charge is 0.223 e. The van der Waals surface area contributed by atoms with Crippen molar-refractivity contribution in [1.29, 1.82) is 0 Å². The van der Waals surface area contributed by atoms with Crippen LogP contribution in [0.3, 0.4) is 0 Å². The Balaban J connectivity index is 2.23. The van der Waals surface area contributed by atoms with E-state index < -0.39 is 0 Å². The van der Waals surface area contributed by atoms with E-state index in [1.807, 2.05) is 12.1 Å². The molecule has 4 nitrogen and oxygen atoms in total. The van der Waals surface area contributed by atoms with Crippen LogP contribution in [0, 0.1) is 0 Å². The molecule has 0 radical (unpaired) electrons. The van der Waals surface area contributed by atoms with Gasteiger partial charge >= 0.3 is 0 Å². The van der Waals surface area contributed by atoms with Crippen LogP contribution in [0.2, 0.25) is 5.02 Å². The Bertz CT molecular complexity index is 458. The van der Waals surface area contributed by atoms with E-state index in [4.69, 9.17) is 16.3 Å². The van der Waals surface area contributed by atoms with E-state index in [1.165, 1.54) is 0 Å². The molecule has 0 saturated heterocycles. The van der Waals surface area contributed by atoms with Crippen molar-refractivity contribution in [2.75, 3.05) is 26.7 Å². The number of likely N-dealkylation sites (N-methyl/N-ethyl adjacent to an activating group) is 1. The predicted octanol–water partition coefficient (Wildman–Crippen LogP) is 2.96. The molecule has 0 aromatic heterocycles. The molecule has 0 unspecified atom stereocenters. The fourth-order valence-electron chi connectivity index (χ4n) is 1.72. The highest BCUT2D eigenvalue weighted by molar-refractivity contribution is 6.30. The quantitative estimate of drug-likeness (QED) is 0.841. The number of benzene rings is 1. The lowest BCUT2D eigenvalue weighted by Crippen LogP contribution is -2.39. The molecule has 0 bridgehead atoms. The Hall–Kier alpha value is -1.26. The van der Waals surface area contributed by atoms with Crippen LogP contribution in [0.5, 0.6) is 5.75 Å². The van der Waals surface area contributed by atoms with E-state index in [2.05, 4.69) is 26.1 Å². The van der Waals surface area contributed by atoms with Gasteiger partial charge in [-0.2, -0.15) is 0 Å². The number of ether oxygens (including phenoxy) is 1. The maximum Gasteiger partial charge on any atom is 0.223 e. The van der Waals surface area contributed by atoms with E-state index in [1.54, 1.807) is 24.1 Å². The van der Waals surface area contributed by atoms with Crippen molar-refractivity contribution in [1.82, 2.24) is 10.2 Å². The van der Waals surface area contributed by atoms with Crippen LogP contribution in [-0.2, 0) is 4.79 Å². The summed E-state index contributed by atoms with van der Waals surface area (Å²) in [5.41, 5.74) is 0.0363. The summed E-state index contributed by atoms with van der Waals surface area (Å²) >= 11 is 5.88. The van der Waals surface area contributed by atoms with Gasteiger partial charge in [-0.05, 0) is 39.0 Å². The zero-order valence-corrected chi connectivity index (χ0v) is 14.0. The number of halogens is 1. The van der Waals surface area contributed by atoms with Gasteiger partial charge in [-0.25, -0.2) is 0 Å². The van der Waals surface area contributed by atoms with Crippen molar-refractivity contribution in [2.24, 2.45) is 0 Å². The van der Waals surface area contributed by atoms with E-state index >= 15 is 0 Å². The van der Waals surface area contributed by atoms with Gasteiger partial charge in [-0.1, -0.05) is 17.7 Å². The maximum atomic E-state index is 11.9. The third kappa shape index (κ3) is 7.93. The second-order valence-electron chi connectivity index (χ2n) is 6.05. The van der Waals surface area contributed by atoms with Crippen LogP contribution in [-0.4, -0.2) is 43.1 Å². The SMILES string of the molecule is CN(CCOc1cccc(Cl)c1)C(=O)CCNC(C)(C)C. The molecule has 1 N–H and O–H groups in total. The van der Waals surface area contributed by atoms with Gasteiger partial charge in [0.1, 0.15) is 12.4 Å². The summed E-state index contributed by atoms with van der Waals surface area (Å²) in [5.74, 6) is 0.833. The zero-order valence-electron chi connectivity index (χ0n) is 13.3. The molecule has 1 rings (SSSR count). The Morgan fingerprint density at radius 3 is 2.71 bits per heavy atom. The van der Waals surface area contributed by atoms with E-state index in [-0.39, 0.29) is 11.4 Å². The summed E-state index contributed by atoms with van der Waals surface area (Å²) in [5, 5.41) is 3.95. The lowest BCUT2D eigenvalue weighted by atomic mass is 10.1. The highest BCUT2D eigenvalue weighted by Gasteiger charge is 2.12. The molecule has 1 amide bonds. The molecule has 0 fully saturated rings. The average Bonchev–Trinajstić information content (AvgIpc) is 2.37. The molecular weight excluding hydrogens is 288 g/mol. The van der Waals surface area contributed by atoms with Crippen LogP contribution < -0.4 is 10.1 Å². The van der Waals surface area contributed by atoms with E-state index in [0.717, 1.165) is 5.75 Å². The first-order valence-corrected chi connectivity index (χ1v) is 7.53. The molecule has 0 aliphatic heterocycles. The van der Waals surface area contributed by atoms with Crippen LogP contribution in [0.25, 0.3) is 0 Å². The van der Waals surface area contributed by atoms with Gasteiger partial charge in [0.05, 0.1) is 6.54 Å². The van der Waals surface area contributed by atoms with Gasteiger partial charge in [-0.15, -0.1) is 0 Å². The molecule has 5 heteroatoms. The third-order valence-electron chi connectivity index (χ3n) is 2.91. The number of hydrogen-bond acceptors (Lipinski definition) is 3. The molecule has 0 atom stereocenters. The number of amides is 1. The number of nitrogens with zero attached hydrogens (tertiary/aromatic N) is 1. The van der Waals surface area contributed by atoms with Gasteiger partial charge < -0.3 is 15.0 Å². The number of hydrogen-bond donors (Lipinski definition) is 1. The highest BCUT2D eigenvalue weighted by atomic mass is 35.5. The minimum Gasteiger partial charge on any atom is -0.492 e. The molecule has 1 aromatic carbocycles. The second-order valence-corrected chi connectivity index (χ2v) is 6.48. The minimum atomic E-state index is 0.0363. The topological polar surface area (TPSA) is 41.6 Å². The first kappa shape index (κ1) is 17.8. The van der Waals surface area contributed by atoms with Crippen molar-refractivity contribution in [3.8, 4) is 5.75 Å². The Labute approximate surface area is 132 Å². The predicted molar refractivity (Wildman–Crippen MR) is 87.0 cm³/mol. The van der Waals surface area contributed by atoms with Crippen molar-refractivity contribution < 1.29 is 9.53 Å². The summed E-state index contributed by atoms with van der Waals surface area (Å²) in [6.45, 7) is 7.94. The molecular formula is C16H25ClN2O2. The number of nitrogens with one attached hydrogen (secondary N) is 1. The standard InChI is InChI=1S/C16H25ClN2O2/c1-16(2,3)18-9-8-15(20)19(4)10-11-21-14-7-5-6-13(17)12-14/h5-7,12,18H,8-11H2,1-4H3. The average molecular weight is 313 g/mol. The van der Waals surface area contributed by atoms with Crippen molar-refractivity contribution in [3.05, 3.63) is 29.3 Å². The normalized spacial score (nSPS) is 11.3. The van der Waals surface area contributed by atoms with Gasteiger partial charge in [0.15, 0.2) is 0 Å². The maximum absolute atomic E-state index is 11.9. The first-order chi connectivity index (χ1) is 9.78. The summed E-state index contributed by atoms with van der Waals surface area (Å²) in [6.07, 6.45) is 0.491. The zero-order chi connectivity index (χ0) is 15.9. The largest absolute Gasteiger partial charge is 0.492 e. The molecule has 0 aliphatic carbocycles. The van der Waals surface area contributed by atoms with Crippen molar-refractivity contribution >= 4 is 17.5 Å². The molecule has 0 saturated carbocycles. The summed E-state index contributed by atoms with van der Waals surface area (Å²) < 4.78 is 5.57. The van der Waals surface area contributed by atoms with Gasteiger partial charge in [0.2, 0.25) is 5.91 Å². The lowest BCUT2D eigenvalue weighted by Gasteiger charge is -2.22. The Kier molecular flexibility index (Phi) is 6.99. The van der Waals surface area contributed by atoms with Gasteiger partial charge in [0.25, 0.3) is 0 Å². The van der Waals surface area contributed by atoms with Gasteiger partial charge in [0, 0.05) is 30.6 Å². The fraction of sp³-hybridized carbons (Fsp3) is 0.562. The second kappa shape index (κ2) is 8.25. The molecule has 0 aliphatic rings. The number of carbonyl (C=O) groups is 1. The van der Waals surface area contributed by atoms with Crippen LogP contribution in [0.1, 0.15) is 27.2 Å². The molecule has 1 aromatic rings. The molecule has 118 valence electrons.